The fourth-order valence-electron chi connectivity index (χ4n) is 2.53. The highest BCUT2D eigenvalue weighted by Crippen LogP contribution is 2.16. The van der Waals surface area contributed by atoms with Gasteiger partial charge in [-0.25, -0.2) is 0 Å². The molecule has 1 aliphatic rings. The van der Waals surface area contributed by atoms with Crippen molar-refractivity contribution in [1.82, 2.24) is 5.32 Å². The summed E-state index contributed by atoms with van der Waals surface area (Å²) in [6.45, 7) is 2.42. The van der Waals surface area contributed by atoms with Crippen molar-refractivity contribution in [3.8, 4) is 0 Å². The number of fused-ring (bicyclic) bond motifs is 1. The van der Waals surface area contributed by atoms with Crippen molar-refractivity contribution >= 4 is 0 Å². The quantitative estimate of drug-likeness (QED) is 0.904. The van der Waals surface area contributed by atoms with Gasteiger partial charge < -0.3 is 10.1 Å². The van der Waals surface area contributed by atoms with Crippen LogP contribution in [0.15, 0.2) is 54.6 Å². The van der Waals surface area contributed by atoms with E-state index in [1.807, 2.05) is 18.2 Å². The molecule has 0 aliphatic carbocycles. The van der Waals surface area contributed by atoms with Crippen LogP contribution in [0.2, 0.25) is 0 Å². The lowest BCUT2D eigenvalue weighted by Crippen LogP contribution is -2.38. The van der Waals surface area contributed by atoms with Crippen LogP contribution in [0, 0.1) is 0 Å². The molecule has 3 rings (SSSR count). The first-order chi connectivity index (χ1) is 9.42. The normalized spacial score (nSPS) is 18.0. The average molecular weight is 253 g/mol. The molecule has 0 spiro atoms. The van der Waals surface area contributed by atoms with E-state index >= 15 is 0 Å². The summed E-state index contributed by atoms with van der Waals surface area (Å²) in [6, 6.07) is 19.4. The molecule has 0 saturated carbocycles. The van der Waals surface area contributed by atoms with Crippen LogP contribution in [-0.2, 0) is 24.3 Å². The number of hydrogen-bond acceptors (Lipinski definition) is 2. The van der Waals surface area contributed by atoms with Gasteiger partial charge in [0.1, 0.15) is 0 Å². The first-order valence-electron chi connectivity index (χ1n) is 6.83. The molecule has 19 heavy (non-hydrogen) atoms. The maximum absolute atomic E-state index is 5.81. The summed E-state index contributed by atoms with van der Waals surface area (Å²) in [4.78, 5) is 0. The Morgan fingerprint density at radius 1 is 0.947 bits per heavy atom. The van der Waals surface area contributed by atoms with Crippen LogP contribution in [0.25, 0.3) is 0 Å². The van der Waals surface area contributed by atoms with Crippen LogP contribution in [0.1, 0.15) is 16.7 Å². The van der Waals surface area contributed by atoms with Crippen LogP contribution in [0.3, 0.4) is 0 Å². The van der Waals surface area contributed by atoms with Crippen molar-refractivity contribution < 1.29 is 4.74 Å². The Balaban J connectivity index is 1.50. The number of rotatable bonds is 4. The van der Waals surface area contributed by atoms with Crippen molar-refractivity contribution in [2.24, 2.45) is 0 Å². The highest BCUT2D eigenvalue weighted by Gasteiger charge is 2.17. The van der Waals surface area contributed by atoms with Crippen LogP contribution in [-0.4, -0.2) is 12.6 Å². The average Bonchev–Trinajstić information content (AvgIpc) is 2.48. The summed E-state index contributed by atoms with van der Waals surface area (Å²) in [6.07, 6.45) is 1.06. The summed E-state index contributed by atoms with van der Waals surface area (Å²) in [7, 11) is 0. The van der Waals surface area contributed by atoms with E-state index in [-0.39, 0.29) is 0 Å². The highest BCUT2D eigenvalue weighted by molar-refractivity contribution is 5.29. The topological polar surface area (TPSA) is 21.3 Å². The second-order valence-corrected chi connectivity index (χ2v) is 5.05. The van der Waals surface area contributed by atoms with Crippen LogP contribution in [0.5, 0.6) is 0 Å². The van der Waals surface area contributed by atoms with Crippen LogP contribution >= 0.6 is 0 Å². The maximum Gasteiger partial charge on any atom is 0.0717 e. The van der Waals surface area contributed by atoms with Gasteiger partial charge in [-0.3, -0.25) is 0 Å². The minimum atomic E-state index is 0.429. The van der Waals surface area contributed by atoms with Gasteiger partial charge in [-0.2, -0.15) is 0 Å². The third-order valence-electron chi connectivity index (χ3n) is 3.60. The van der Waals surface area contributed by atoms with Gasteiger partial charge in [0.2, 0.25) is 0 Å². The Morgan fingerprint density at radius 3 is 2.53 bits per heavy atom. The Labute approximate surface area is 114 Å². The molecule has 1 N–H and O–H groups in total. The first kappa shape index (κ1) is 12.4. The highest BCUT2D eigenvalue weighted by atomic mass is 16.5. The standard InChI is InChI=1S/C17H19NO/c1-2-6-14(7-3-1)12-19-13-17-10-15-8-4-5-9-16(15)11-18-17/h1-9,17-18H,10-13H2. The van der Waals surface area contributed by atoms with Gasteiger partial charge in [0, 0.05) is 12.6 Å². The fourth-order valence-corrected chi connectivity index (χ4v) is 2.53. The molecule has 1 heterocycles. The molecule has 0 aromatic heterocycles. The maximum atomic E-state index is 5.81. The molecule has 2 heteroatoms. The molecule has 2 aromatic rings. The molecule has 0 amide bonds. The Kier molecular flexibility index (Phi) is 3.92. The summed E-state index contributed by atoms with van der Waals surface area (Å²) < 4.78 is 5.81. The first-order valence-corrected chi connectivity index (χ1v) is 6.83. The molecule has 1 unspecified atom stereocenters. The van der Waals surface area contributed by atoms with Gasteiger partial charge in [-0.15, -0.1) is 0 Å². The molecule has 2 aromatic carbocycles. The lowest BCUT2D eigenvalue weighted by Gasteiger charge is -2.26. The number of hydrogen-bond donors (Lipinski definition) is 1. The third kappa shape index (κ3) is 3.22. The van der Waals surface area contributed by atoms with Gasteiger partial charge in [0.25, 0.3) is 0 Å². The van der Waals surface area contributed by atoms with E-state index in [0.717, 1.165) is 19.6 Å². The molecule has 2 nitrogen and oxygen atoms in total. The van der Waals surface area contributed by atoms with E-state index in [0.29, 0.717) is 12.6 Å². The smallest absolute Gasteiger partial charge is 0.0717 e. The SMILES string of the molecule is c1ccc(COCC2Cc3ccccc3CN2)cc1. The Morgan fingerprint density at radius 2 is 1.68 bits per heavy atom. The van der Waals surface area contributed by atoms with Crippen molar-refractivity contribution in [3.63, 3.8) is 0 Å². The van der Waals surface area contributed by atoms with Gasteiger partial charge in [-0.05, 0) is 23.1 Å². The monoisotopic (exact) mass is 253 g/mol. The molecule has 98 valence electrons. The van der Waals surface area contributed by atoms with Crippen LogP contribution in [0.4, 0.5) is 0 Å². The van der Waals surface area contributed by atoms with Crippen molar-refractivity contribution in [1.29, 1.82) is 0 Å². The molecule has 0 bridgehead atoms. The van der Waals surface area contributed by atoms with Crippen molar-refractivity contribution in [2.45, 2.75) is 25.6 Å². The van der Waals surface area contributed by atoms with E-state index in [1.54, 1.807) is 0 Å². The largest absolute Gasteiger partial charge is 0.375 e. The Bertz CT molecular complexity index is 524. The molecule has 0 radical (unpaired) electrons. The van der Waals surface area contributed by atoms with Gasteiger partial charge in [-0.1, -0.05) is 54.6 Å². The number of benzene rings is 2. The van der Waals surface area contributed by atoms with E-state index in [2.05, 4.69) is 41.7 Å². The van der Waals surface area contributed by atoms with Gasteiger partial charge in [0.15, 0.2) is 0 Å². The van der Waals surface area contributed by atoms with E-state index in [1.165, 1.54) is 16.7 Å². The van der Waals surface area contributed by atoms with Gasteiger partial charge >= 0.3 is 0 Å². The number of ether oxygens (including phenoxy) is 1. The number of nitrogens with one attached hydrogen (secondary N) is 1. The lowest BCUT2D eigenvalue weighted by atomic mass is 9.96. The summed E-state index contributed by atoms with van der Waals surface area (Å²) in [5, 5.41) is 3.54. The van der Waals surface area contributed by atoms with E-state index in [9.17, 15) is 0 Å². The predicted molar refractivity (Wildman–Crippen MR) is 76.9 cm³/mol. The molecular weight excluding hydrogens is 234 g/mol. The van der Waals surface area contributed by atoms with Gasteiger partial charge in [0.05, 0.1) is 13.2 Å². The summed E-state index contributed by atoms with van der Waals surface area (Å²) in [5.74, 6) is 0. The molecule has 1 aliphatic heterocycles. The second-order valence-electron chi connectivity index (χ2n) is 5.05. The molecule has 0 saturated heterocycles. The lowest BCUT2D eigenvalue weighted by molar-refractivity contribution is 0.0963. The van der Waals surface area contributed by atoms with Crippen molar-refractivity contribution in [3.05, 3.63) is 71.3 Å². The second kappa shape index (κ2) is 6.00. The zero-order valence-electron chi connectivity index (χ0n) is 11.0. The predicted octanol–water partition coefficient (Wildman–Crippen LogP) is 2.92. The van der Waals surface area contributed by atoms with Crippen LogP contribution < -0.4 is 5.32 Å². The molecule has 1 atom stereocenters. The van der Waals surface area contributed by atoms with E-state index < -0.39 is 0 Å². The Hall–Kier alpha value is -1.64. The van der Waals surface area contributed by atoms with Crippen molar-refractivity contribution in [2.75, 3.05) is 6.61 Å². The fraction of sp³-hybridized carbons (Fsp3) is 0.294. The third-order valence-corrected chi connectivity index (χ3v) is 3.60. The molecule has 0 fully saturated rings. The van der Waals surface area contributed by atoms with E-state index in [4.69, 9.17) is 4.74 Å². The zero-order chi connectivity index (χ0) is 12.9. The molecular formula is C17H19NO. The zero-order valence-corrected chi connectivity index (χ0v) is 11.0. The minimum Gasteiger partial charge on any atom is -0.375 e. The summed E-state index contributed by atoms with van der Waals surface area (Å²) in [5.41, 5.74) is 4.11. The minimum absolute atomic E-state index is 0.429. The summed E-state index contributed by atoms with van der Waals surface area (Å²) >= 11 is 0.